The number of piperidine rings is 1. The average Bonchev–Trinajstić information content (AvgIpc) is 2.75. The lowest BCUT2D eigenvalue weighted by atomic mass is 10.1. The first-order chi connectivity index (χ1) is 14.0. The molecule has 1 aliphatic rings. The van der Waals surface area contributed by atoms with Gasteiger partial charge in [-0.05, 0) is 55.2 Å². The minimum Gasteiger partial charge on any atom is -0.495 e. The SMILES string of the molecule is COc1ccc(S(=O)(=O)N2CCCCC2)cc1NC(=S)NCCc1ccccc1. The van der Waals surface area contributed by atoms with E-state index >= 15 is 0 Å². The summed E-state index contributed by atoms with van der Waals surface area (Å²) in [6.07, 6.45) is 3.71. The van der Waals surface area contributed by atoms with Crippen LogP contribution in [-0.4, -0.2) is 44.6 Å². The van der Waals surface area contributed by atoms with Gasteiger partial charge in [0.2, 0.25) is 10.0 Å². The van der Waals surface area contributed by atoms with Crippen molar-refractivity contribution in [2.45, 2.75) is 30.6 Å². The molecule has 2 aromatic rings. The molecule has 156 valence electrons. The molecule has 0 aromatic heterocycles. The van der Waals surface area contributed by atoms with Gasteiger partial charge in [-0.2, -0.15) is 4.31 Å². The van der Waals surface area contributed by atoms with Crippen molar-refractivity contribution in [2.75, 3.05) is 32.1 Å². The standard InChI is InChI=1S/C21H27N3O3S2/c1-27-20-11-10-18(29(25,26)24-14-6-3-7-15-24)16-19(20)23-21(28)22-13-12-17-8-4-2-5-9-17/h2,4-5,8-11,16H,3,6-7,12-15H2,1H3,(H2,22,23,28). The van der Waals surface area contributed by atoms with Crippen LogP contribution in [0.15, 0.2) is 53.4 Å². The Morgan fingerprint density at radius 2 is 1.83 bits per heavy atom. The van der Waals surface area contributed by atoms with Crippen LogP contribution in [0.4, 0.5) is 5.69 Å². The van der Waals surface area contributed by atoms with Crippen molar-refractivity contribution in [1.82, 2.24) is 9.62 Å². The highest BCUT2D eigenvalue weighted by Gasteiger charge is 2.26. The number of nitrogens with zero attached hydrogens (tertiary/aromatic N) is 1. The second-order valence-corrected chi connectivity index (χ2v) is 9.29. The van der Waals surface area contributed by atoms with Gasteiger partial charge in [-0.1, -0.05) is 36.8 Å². The summed E-state index contributed by atoms with van der Waals surface area (Å²) in [7, 11) is -1.98. The summed E-state index contributed by atoms with van der Waals surface area (Å²) in [6.45, 7) is 1.80. The average molecular weight is 434 g/mol. The molecule has 0 bridgehead atoms. The lowest BCUT2D eigenvalue weighted by Gasteiger charge is -2.26. The lowest BCUT2D eigenvalue weighted by molar-refractivity contribution is 0.346. The van der Waals surface area contributed by atoms with Gasteiger partial charge in [0.15, 0.2) is 5.11 Å². The molecule has 0 radical (unpaired) electrons. The van der Waals surface area contributed by atoms with Gasteiger partial charge in [0.25, 0.3) is 0 Å². The van der Waals surface area contributed by atoms with Crippen LogP contribution in [0, 0.1) is 0 Å². The molecule has 0 aliphatic carbocycles. The Hall–Kier alpha value is -2.16. The molecule has 6 nitrogen and oxygen atoms in total. The Morgan fingerprint density at radius 1 is 1.10 bits per heavy atom. The van der Waals surface area contributed by atoms with Crippen LogP contribution in [0.3, 0.4) is 0 Å². The van der Waals surface area contributed by atoms with Crippen LogP contribution in [0.1, 0.15) is 24.8 Å². The maximum Gasteiger partial charge on any atom is 0.243 e. The number of benzene rings is 2. The second kappa shape index (κ2) is 10.0. The summed E-state index contributed by atoms with van der Waals surface area (Å²) in [5.74, 6) is 0.537. The van der Waals surface area contributed by atoms with Crippen molar-refractivity contribution in [3.8, 4) is 5.75 Å². The number of anilines is 1. The summed E-state index contributed by atoms with van der Waals surface area (Å²) in [6, 6.07) is 15.0. The molecule has 1 saturated heterocycles. The van der Waals surface area contributed by atoms with Gasteiger partial charge in [-0.25, -0.2) is 8.42 Å². The van der Waals surface area contributed by atoms with E-state index in [1.54, 1.807) is 29.6 Å². The van der Waals surface area contributed by atoms with Gasteiger partial charge in [-0.15, -0.1) is 0 Å². The van der Waals surface area contributed by atoms with Gasteiger partial charge >= 0.3 is 0 Å². The largest absolute Gasteiger partial charge is 0.495 e. The van der Waals surface area contributed by atoms with E-state index in [9.17, 15) is 8.42 Å². The first-order valence-electron chi connectivity index (χ1n) is 9.77. The minimum absolute atomic E-state index is 0.245. The van der Waals surface area contributed by atoms with Gasteiger partial charge in [0.1, 0.15) is 5.75 Å². The molecule has 0 saturated carbocycles. The topological polar surface area (TPSA) is 70.7 Å². The van der Waals surface area contributed by atoms with E-state index in [0.717, 1.165) is 25.7 Å². The number of thiocarbonyl (C=S) groups is 1. The van der Waals surface area contributed by atoms with Crippen molar-refractivity contribution in [3.63, 3.8) is 0 Å². The Labute approximate surface area is 178 Å². The van der Waals surface area contributed by atoms with Crippen LogP contribution in [0.25, 0.3) is 0 Å². The molecule has 1 heterocycles. The monoisotopic (exact) mass is 433 g/mol. The zero-order valence-corrected chi connectivity index (χ0v) is 18.2. The van der Waals surface area contributed by atoms with E-state index in [1.165, 1.54) is 5.56 Å². The van der Waals surface area contributed by atoms with E-state index in [2.05, 4.69) is 22.8 Å². The highest BCUT2D eigenvalue weighted by Crippen LogP contribution is 2.29. The zero-order valence-electron chi connectivity index (χ0n) is 16.6. The Kier molecular flexibility index (Phi) is 7.46. The van der Waals surface area contributed by atoms with E-state index in [-0.39, 0.29) is 4.90 Å². The number of methoxy groups -OCH3 is 1. The predicted molar refractivity (Wildman–Crippen MR) is 120 cm³/mol. The number of ether oxygens (including phenoxy) is 1. The van der Waals surface area contributed by atoms with Crippen molar-refractivity contribution in [3.05, 3.63) is 54.1 Å². The Bertz CT molecular complexity index is 927. The first-order valence-corrected chi connectivity index (χ1v) is 11.6. The fourth-order valence-electron chi connectivity index (χ4n) is 3.33. The molecular weight excluding hydrogens is 406 g/mol. The number of nitrogens with one attached hydrogen (secondary N) is 2. The number of hydrogen-bond donors (Lipinski definition) is 2. The number of rotatable bonds is 7. The van der Waals surface area contributed by atoms with E-state index in [1.807, 2.05) is 18.2 Å². The maximum absolute atomic E-state index is 13.0. The number of hydrogen-bond acceptors (Lipinski definition) is 4. The smallest absolute Gasteiger partial charge is 0.243 e. The van der Waals surface area contributed by atoms with Gasteiger partial charge in [0.05, 0.1) is 17.7 Å². The molecule has 29 heavy (non-hydrogen) atoms. The first kappa shape index (κ1) is 21.5. The minimum atomic E-state index is -3.52. The summed E-state index contributed by atoms with van der Waals surface area (Å²) in [5, 5.41) is 6.66. The molecule has 8 heteroatoms. The van der Waals surface area contributed by atoms with Crippen molar-refractivity contribution in [1.29, 1.82) is 0 Å². The van der Waals surface area contributed by atoms with Crippen LogP contribution < -0.4 is 15.4 Å². The summed E-state index contributed by atoms with van der Waals surface area (Å²) < 4.78 is 32.9. The summed E-state index contributed by atoms with van der Waals surface area (Å²) in [4.78, 5) is 0.245. The third-order valence-corrected chi connectivity index (χ3v) is 7.06. The fraction of sp³-hybridized carbons (Fsp3) is 0.381. The molecule has 3 rings (SSSR count). The maximum atomic E-state index is 13.0. The van der Waals surface area contributed by atoms with Crippen molar-refractivity contribution < 1.29 is 13.2 Å². The molecule has 0 spiro atoms. The molecule has 0 amide bonds. The van der Waals surface area contributed by atoms with Crippen LogP contribution in [0.5, 0.6) is 5.75 Å². The zero-order chi connectivity index (χ0) is 20.7. The molecule has 0 unspecified atom stereocenters. The fourth-order valence-corrected chi connectivity index (χ4v) is 5.09. The van der Waals surface area contributed by atoms with Crippen LogP contribution >= 0.6 is 12.2 Å². The quantitative estimate of drug-likeness (QED) is 0.652. The van der Waals surface area contributed by atoms with E-state index in [4.69, 9.17) is 17.0 Å². The van der Waals surface area contributed by atoms with Crippen molar-refractivity contribution >= 4 is 33.0 Å². The highest BCUT2D eigenvalue weighted by atomic mass is 32.2. The molecule has 0 atom stereocenters. The summed E-state index contributed by atoms with van der Waals surface area (Å²) >= 11 is 5.38. The molecule has 1 aliphatic heterocycles. The third-order valence-electron chi connectivity index (χ3n) is 4.91. The van der Waals surface area contributed by atoms with E-state index in [0.29, 0.717) is 36.2 Å². The predicted octanol–water partition coefficient (Wildman–Crippen LogP) is 3.40. The Morgan fingerprint density at radius 3 is 2.52 bits per heavy atom. The second-order valence-electron chi connectivity index (χ2n) is 6.94. The normalized spacial score (nSPS) is 14.9. The molecule has 1 fully saturated rings. The van der Waals surface area contributed by atoms with Crippen LogP contribution in [-0.2, 0) is 16.4 Å². The third kappa shape index (κ3) is 5.68. The molecular formula is C21H27N3O3S2. The van der Waals surface area contributed by atoms with Gasteiger partial charge < -0.3 is 15.4 Å². The van der Waals surface area contributed by atoms with Gasteiger partial charge in [0, 0.05) is 19.6 Å². The number of sulfonamides is 1. The molecule has 2 aromatic carbocycles. The lowest BCUT2D eigenvalue weighted by Crippen LogP contribution is -2.35. The van der Waals surface area contributed by atoms with Crippen molar-refractivity contribution in [2.24, 2.45) is 0 Å². The van der Waals surface area contributed by atoms with E-state index < -0.39 is 10.0 Å². The van der Waals surface area contributed by atoms with Crippen LogP contribution in [0.2, 0.25) is 0 Å². The molecule has 2 N–H and O–H groups in total. The summed E-state index contributed by atoms with van der Waals surface area (Å²) in [5.41, 5.74) is 1.75. The highest BCUT2D eigenvalue weighted by molar-refractivity contribution is 7.89. The van der Waals surface area contributed by atoms with Gasteiger partial charge in [-0.3, -0.25) is 0 Å². The Balaban J connectivity index is 1.67.